The molecular formula is C34H35ClN7O12S2+. The van der Waals surface area contributed by atoms with Crippen LogP contribution < -0.4 is 16.5 Å². The Labute approximate surface area is 329 Å². The average Bonchev–Trinajstić information content (AvgIpc) is 3.79. The van der Waals surface area contributed by atoms with Gasteiger partial charge in [0.25, 0.3) is 11.8 Å². The number of thiazole rings is 1. The van der Waals surface area contributed by atoms with Gasteiger partial charge in [-0.25, -0.2) is 14.6 Å². The van der Waals surface area contributed by atoms with Gasteiger partial charge >= 0.3 is 17.9 Å². The van der Waals surface area contributed by atoms with Crippen molar-refractivity contribution in [1.29, 1.82) is 0 Å². The molecule has 0 radical (unpaired) electrons. The Morgan fingerprint density at radius 1 is 1.09 bits per heavy atom. The van der Waals surface area contributed by atoms with Crippen molar-refractivity contribution in [3.05, 3.63) is 55.4 Å². The van der Waals surface area contributed by atoms with Gasteiger partial charge in [0.15, 0.2) is 27.8 Å². The van der Waals surface area contributed by atoms with Crippen LogP contribution in [0.2, 0.25) is 4.34 Å². The zero-order chi connectivity index (χ0) is 40.2. The number of nitrogens with zero attached hydrogens (tertiary/aromatic N) is 5. The van der Waals surface area contributed by atoms with Gasteiger partial charge in [0.1, 0.15) is 40.2 Å². The molecule has 1 saturated carbocycles. The third-order valence-electron chi connectivity index (χ3n) is 10.2. The number of phenolic OH excluding ortho intramolecular Hbond substituents is 2. The Morgan fingerprint density at radius 2 is 1.79 bits per heavy atom. The molecule has 3 atom stereocenters. The van der Waals surface area contributed by atoms with E-state index in [-0.39, 0.29) is 62.3 Å². The third kappa shape index (κ3) is 7.33. The molecule has 1 aromatic carbocycles. The smallest absolute Gasteiger partial charge is 0.352 e. The van der Waals surface area contributed by atoms with Gasteiger partial charge in [0, 0.05) is 42.5 Å². The summed E-state index contributed by atoms with van der Waals surface area (Å²) in [5.41, 5.74) is 5.67. The number of fused-ring (bicyclic) bond motifs is 2. The molecule has 2 aromatic heterocycles. The molecule has 296 valence electrons. The number of anilines is 1. The topological polar surface area (TPSA) is 284 Å². The molecule has 3 unspecified atom stereocenters. The number of hydrogen-bond donors (Lipinski definition) is 7. The van der Waals surface area contributed by atoms with E-state index in [1.165, 1.54) is 23.9 Å². The lowest BCUT2D eigenvalue weighted by atomic mass is 10.0. The summed E-state index contributed by atoms with van der Waals surface area (Å²) in [5.74, 6) is -6.96. The Morgan fingerprint density at radius 3 is 2.39 bits per heavy atom. The number of likely N-dealkylation sites (tertiary alicyclic amines) is 1. The Kier molecular flexibility index (Phi) is 10.4. The first-order valence-electron chi connectivity index (χ1n) is 17.3. The lowest BCUT2D eigenvalue weighted by molar-refractivity contribution is -0.925. The third-order valence-corrected chi connectivity index (χ3v) is 12.6. The van der Waals surface area contributed by atoms with Gasteiger partial charge < -0.3 is 50.5 Å². The number of carbonyl (C=O) groups is 5. The predicted molar refractivity (Wildman–Crippen MR) is 200 cm³/mol. The number of β-lactam (4-membered cyclic amide) rings is 1. The summed E-state index contributed by atoms with van der Waals surface area (Å²) in [7, 11) is 0. The Balaban J connectivity index is 1.14. The number of amides is 2. The van der Waals surface area contributed by atoms with Gasteiger partial charge in [-0.3, -0.25) is 24.1 Å². The summed E-state index contributed by atoms with van der Waals surface area (Å²) in [5, 5.41) is 54.7. The number of pyridine rings is 1. The highest BCUT2D eigenvalue weighted by molar-refractivity contribution is 8.00. The number of nitrogen functional groups attached to an aromatic ring is 1. The van der Waals surface area contributed by atoms with Crippen LogP contribution in [0, 0.1) is 0 Å². The molecule has 3 aliphatic heterocycles. The maximum absolute atomic E-state index is 13.9. The second kappa shape index (κ2) is 14.9. The fourth-order valence-electron chi connectivity index (χ4n) is 7.46. The summed E-state index contributed by atoms with van der Waals surface area (Å²) in [6, 6.07) is 1.53. The van der Waals surface area contributed by atoms with Gasteiger partial charge in [-0.1, -0.05) is 28.1 Å². The number of phenols is 2. The monoisotopic (exact) mass is 832 g/mol. The minimum Gasteiger partial charge on any atom is -0.504 e. The molecule has 2 saturated heterocycles. The van der Waals surface area contributed by atoms with E-state index in [0.29, 0.717) is 34.2 Å². The first kappa shape index (κ1) is 38.9. The molecule has 56 heavy (non-hydrogen) atoms. The minimum absolute atomic E-state index is 0.0875. The van der Waals surface area contributed by atoms with Crippen LogP contribution in [0.25, 0.3) is 10.9 Å². The highest BCUT2D eigenvalue weighted by Gasteiger charge is 2.55. The number of nitrogens with one attached hydrogen (secondary N) is 1. The highest BCUT2D eigenvalue weighted by atomic mass is 35.5. The van der Waals surface area contributed by atoms with E-state index >= 15 is 0 Å². The number of nitrogens with two attached hydrogens (primary N) is 1. The van der Waals surface area contributed by atoms with Gasteiger partial charge in [-0.2, -0.15) is 0 Å². The number of carboxylic acid groups (broad SMARTS) is 3. The summed E-state index contributed by atoms with van der Waals surface area (Å²) in [6.45, 7) is 1.77. The molecule has 3 fully saturated rings. The molecule has 5 heterocycles. The number of hydrogen-bond acceptors (Lipinski definition) is 14. The second-order valence-corrected chi connectivity index (χ2v) is 16.8. The number of thioether (sulfide) groups is 1. The zero-order valence-corrected chi connectivity index (χ0v) is 31.6. The van der Waals surface area contributed by atoms with Crippen molar-refractivity contribution >= 4 is 86.2 Å². The maximum Gasteiger partial charge on any atom is 0.352 e. The van der Waals surface area contributed by atoms with Crippen molar-refractivity contribution < 1.29 is 58.8 Å². The maximum atomic E-state index is 13.9. The quantitative estimate of drug-likeness (QED) is 0.0400. The highest BCUT2D eigenvalue weighted by Crippen LogP contribution is 2.43. The van der Waals surface area contributed by atoms with Crippen LogP contribution in [0.5, 0.6) is 11.5 Å². The summed E-state index contributed by atoms with van der Waals surface area (Å²) >= 11 is 8.18. The van der Waals surface area contributed by atoms with Crippen molar-refractivity contribution in [3.63, 3.8) is 0 Å². The molecule has 22 heteroatoms. The first-order valence-corrected chi connectivity index (χ1v) is 19.6. The zero-order valence-electron chi connectivity index (χ0n) is 29.2. The molecule has 0 bridgehead atoms. The van der Waals surface area contributed by atoms with E-state index in [2.05, 4.69) is 15.5 Å². The van der Waals surface area contributed by atoms with Crippen LogP contribution in [0.1, 0.15) is 49.4 Å². The fraction of sp³-hybridized carbons (Fsp3) is 0.412. The number of halogens is 1. The molecule has 19 nitrogen and oxygen atoms in total. The number of oxime groups is 1. The number of carbonyl (C=O) groups excluding carboxylic acids is 2. The van der Waals surface area contributed by atoms with Gasteiger partial charge in [-0.15, -0.1) is 11.8 Å². The Hall–Kier alpha value is -5.38. The summed E-state index contributed by atoms with van der Waals surface area (Å²) < 4.78 is 2.17. The van der Waals surface area contributed by atoms with Crippen LogP contribution in [0.3, 0.4) is 0 Å². The number of carboxylic acids is 3. The lowest BCUT2D eigenvalue weighted by Gasteiger charge is -2.50. The van der Waals surface area contributed by atoms with Crippen molar-refractivity contribution in [3.8, 4) is 11.5 Å². The first-order chi connectivity index (χ1) is 26.6. The molecule has 8 N–H and O–H groups in total. The molecule has 7 rings (SSSR count). The van der Waals surface area contributed by atoms with E-state index in [0.717, 1.165) is 41.9 Å². The normalized spacial score (nSPS) is 21.1. The van der Waals surface area contributed by atoms with E-state index < -0.39 is 65.1 Å². The van der Waals surface area contributed by atoms with Crippen LogP contribution >= 0.6 is 34.7 Å². The standard InChI is InChI=1S/C34H34ClN7O12S2/c35-28-23(38-34(36)56-28)24(39-54-21(32(50)51)9-22(45)46)29(48)37-25-30(49)41-26(33(52)53)15(13-55-31(25)41)12-42(5-1-2-6-42)11-14-10-40(16-3-4-16)18-8-20(44)19(43)7-17(18)27(14)47/h7-8,10,16,21,25,31H,1-6,9,11-13H2,(H7-,36,37,38,39,43,44,45,46,47,48,50,51,52,53)/p+1. The number of aliphatic carboxylic acids is 3. The van der Waals surface area contributed by atoms with Crippen molar-refractivity contribution in [2.75, 3.05) is 31.1 Å². The minimum atomic E-state index is -1.99. The fourth-order valence-corrected chi connectivity index (χ4v) is 9.72. The van der Waals surface area contributed by atoms with E-state index in [4.69, 9.17) is 27.3 Å². The second-order valence-electron chi connectivity index (χ2n) is 14.1. The number of quaternary nitrogens is 1. The van der Waals surface area contributed by atoms with E-state index in [1.54, 1.807) is 6.20 Å². The van der Waals surface area contributed by atoms with Crippen LogP contribution in [-0.2, 0) is 35.4 Å². The molecular weight excluding hydrogens is 798 g/mol. The molecule has 0 spiro atoms. The van der Waals surface area contributed by atoms with Crippen molar-refractivity contribution in [1.82, 2.24) is 19.8 Å². The predicted octanol–water partition coefficient (Wildman–Crippen LogP) is 1.64. The van der Waals surface area contributed by atoms with Crippen LogP contribution in [-0.4, -0.2) is 123 Å². The SMILES string of the molecule is Nc1nc(C(=NOC(CC(=O)O)C(=O)O)C(=O)NC2C(=O)N3C(C(=O)O)=C(C[N+]4(Cc5cn(C6CC6)c6cc(O)c(O)cc6c5=O)CCCC4)CSC23)c(Cl)s1. The van der Waals surface area contributed by atoms with Gasteiger partial charge in [-0.05, 0) is 18.9 Å². The molecule has 1 aliphatic carbocycles. The van der Waals surface area contributed by atoms with Crippen molar-refractivity contribution in [2.45, 2.75) is 62.2 Å². The van der Waals surface area contributed by atoms with Gasteiger partial charge in [0.05, 0.1) is 36.0 Å². The van der Waals surface area contributed by atoms with Crippen LogP contribution in [0.15, 0.2) is 39.5 Å². The average molecular weight is 833 g/mol. The summed E-state index contributed by atoms with van der Waals surface area (Å²) in [4.78, 5) is 86.6. The van der Waals surface area contributed by atoms with E-state index in [1.807, 2.05) is 4.57 Å². The lowest BCUT2D eigenvalue weighted by Crippen LogP contribution is -2.71. The number of aromatic nitrogens is 2. The summed E-state index contributed by atoms with van der Waals surface area (Å²) in [6.07, 6.45) is 2.24. The molecule has 4 aliphatic rings. The molecule has 3 aromatic rings. The van der Waals surface area contributed by atoms with Crippen LogP contribution in [0.4, 0.5) is 5.13 Å². The number of aromatic hydroxyl groups is 2. The number of benzene rings is 1. The van der Waals surface area contributed by atoms with Crippen molar-refractivity contribution in [2.24, 2.45) is 5.16 Å². The largest absolute Gasteiger partial charge is 0.504 e. The van der Waals surface area contributed by atoms with E-state index in [9.17, 15) is 49.2 Å². The molecule has 2 amide bonds. The Bertz CT molecular complexity index is 2320. The number of rotatable bonds is 14. The van der Waals surface area contributed by atoms with Gasteiger partial charge in [0.2, 0.25) is 6.10 Å².